The highest BCUT2D eigenvalue weighted by molar-refractivity contribution is 6.42. The first kappa shape index (κ1) is 13.1. The molecule has 0 unspecified atom stereocenters. The molecule has 0 spiro atoms. The first-order valence-corrected chi connectivity index (χ1v) is 6.36. The molecule has 0 amide bonds. The summed E-state index contributed by atoms with van der Waals surface area (Å²) in [5, 5.41) is 13.7. The molecule has 1 aromatic rings. The largest absolute Gasteiger partial charge is 0.394 e. The Morgan fingerprint density at radius 3 is 2.88 bits per heavy atom. The van der Waals surface area contributed by atoms with Gasteiger partial charge in [-0.15, -0.1) is 0 Å². The van der Waals surface area contributed by atoms with Crippen molar-refractivity contribution in [3.05, 3.63) is 33.8 Å². The van der Waals surface area contributed by atoms with Crippen molar-refractivity contribution in [3.8, 4) is 0 Å². The molecule has 1 aromatic carbocycles. The highest BCUT2D eigenvalue weighted by atomic mass is 35.5. The van der Waals surface area contributed by atoms with Gasteiger partial charge in [-0.3, -0.25) is 0 Å². The van der Waals surface area contributed by atoms with Crippen LogP contribution in [0.5, 0.6) is 0 Å². The Kier molecular flexibility index (Phi) is 4.65. The fourth-order valence-corrected chi connectivity index (χ4v) is 2.35. The lowest BCUT2D eigenvalue weighted by molar-refractivity contribution is 0.0108. The van der Waals surface area contributed by atoms with Gasteiger partial charge in [0.2, 0.25) is 0 Å². The zero-order chi connectivity index (χ0) is 12.3. The second-order valence-electron chi connectivity index (χ2n) is 4.08. The third kappa shape index (κ3) is 3.12. The Balaban J connectivity index is 2.25. The molecule has 2 atom stereocenters. The summed E-state index contributed by atoms with van der Waals surface area (Å²) in [5.41, 5.74) is 1.04. The smallest absolute Gasteiger partial charge is 0.0886 e. The molecular weight excluding hydrogens is 261 g/mol. The Morgan fingerprint density at radius 2 is 2.18 bits per heavy atom. The van der Waals surface area contributed by atoms with Crippen LogP contribution in [0.1, 0.15) is 11.5 Å². The first-order valence-electron chi connectivity index (χ1n) is 5.60. The van der Waals surface area contributed by atoms with Crippen molar-refractivity contribution >= 4 is 23.2 Å². The van der Waals surface area contributed by atoms with E-state index in [9.17, 15) is 5.11 Å². The van der Waals surface area contributed by atoms with Gasteiger partial charge in [0.25, 0.3) is 0 Å². The third-order valence-electron chi connectivity index (χ3n) is 2.98. The van der Waals surface area contributed by atoms with Gasteiger partial charge in [0.05, 0.1) is 29.4 Å². The van der Waals surface area contributed by atoms with E-state index in [1.807, 2.05) is 12.1 Å². The maximum absolute atomic E-state index is 9.36. The Hall–Kier alpha value is -0.320. The Morgan fingerprint density at radius 1 is 1.35 bits per heavy atom. The second-order valence-corrected chi connectivity index (χ2v) is 4.89. The zero-order valence-corrected chi connectivity index (χ0v) is 10.8. The van der Waals surface area contributed by atoms with E-state index >= 15 is 0 Å². The quantitative estimate of drug-likeness (QED) is 0.868. The van der Waals surface area contributed by atoms with Gasteiger partial charge < -0.3 is 15.2 Å². The number of benzene rings is 1. The summed E-state index contributed by atoms with van der Waals surface area (Å²) < 4.78 is 5.60. The van der Waals surface area contributed by atoms with E-state index in [4.69, 9.17) is 27.9 Å². The van der Waals surface area contributed by atoms with Crippen LogP contribution in [0.3, 0.4) is 0 Å². The van der Waals surface area contributed by atoms with Crippen molar-refractivity contribution < 1.29 is 9.84 Å². The standard InChI is InChI=1S/C12H15Cl2NO2/c13-10-2-1-8(5-11(10)14)9-6-15-3-4-17-12(9)7-16/h1-2,5,9,12,15-16H,3-4,6-7H2/t9-,12+/m1/s1. The van der Waals surface area contributed by atoms with Crippen LogP contribution in [-0.4, -0.2) is 37.5 Å². The molecule has 0 bridgehead atoms. The molecule has 0 saturated carbocycles. The van der Waals surface area contributed by atoms with Gasteiger partial charge >= 0.3 is 0 Å². The van der Waals surface area contributed by atoms with E-state index in [1.165, 1.54) is 0 Å². The molecule has 1 aliphatic rings. The normalized spacial score (nSPS) is 25.6. The maximum Gasteiger partial charge on any atom is 0.0886 e. The highest BCUT2D eigenvalue weighted by Gasteiger charge is 2.25. The number of nitrogens with one attached hydrogen (secondary N) is 1. The SMILES string of the molecule is OC[C@@H]1OCCNC[C@@H]1c1ccc(Cl)c(Cl)c1. The first-order chi connectivity index (χ1) is 8.22. The minimum Gasteiger partial charge on any atom is -0.394 e. The van der Waals surface area contributed by atoms with Gasteiger partial charge in [-0.25, -0.2) is 0 Å². The predicted molar refractivity (Wildman–Crippen MR) is 68.9 cm³/mol. The van der Waals surface area contributed by atoms with E-state index in [-0.39, 0.29) is 18.6 Å². The molecule has 0 radical (unpaired) electrons. The van der Waals surface area contributed by atoms with Crippen molar-refractivity contribution in [2.24, 2.45) is 0 Å². The van der Waals surface area contributed by atoms with Gasteiger partial charge in [0, 0.05) is 19.0 Å². The van der Waals surface area contributed by atoms with E-state index in [0.29, 0.717) is 16.7 Å². The molecule has 94 valence electrons. The molecule has 1 saturated heterocycles. The van der Waals surface area contributed by atoms with E-state index in [1.54, 1.807) is 6.07 Å². The van der Waals surface area contributed by atoms with Gasteiger partial charge in [0.1, 0.15) is 0 Å². The molecule has 0 aromatic heterocycles. The summed E-state index contributed by atoms with van der Waals surface area (Å²) in [4.78, 5) is 0. The van der Waals surface area contributed by atoms with Gasteiger partial charge in [-0.05, 0) is 17.7 Å². The van der Waals surface area contributed by atoms with Gasteiger partial charge in [0.15, 0.2) is 0 Å². The van der Waals surface area contributed by atoms with E-state index in [2.05, 4.69) is 5.32 Å². The second kappa shape index (κ2) is 6.03. The van der Waals surface area contributed by atoms with Crippen molar-refractivity contribution in [3.63, 3.8) is 0 Å². The highest BCUT2D eigenvalue weighted by Crippen LogP contribution is 2.29. The summed E-state index contributed by atoms with van der Waals surface area (Å²) >= 11 is 11.9. The number of halogens is 2. The van der Waals surface area contributed by atoms with Crippen LogP contribution in [0.2, 0.25) is 10.0 Å². The average molecular weight is 276 g/mol. The van der Waals surface area contributed by atoms with Crippen LogP contribution < -0.4 is 5.32 Å². The minimum absolute atomic E-state index is 0.00654. The van der Waals surface area contributed by atoms with Crippen molar-refractivity contribution in [2.75, 3.05) is 26.3 Å². The predicted octanol–water partition coefficient (Wildman–Crippen LogP) is 2.06. The molecule has 5 heteroatoms. The van der Waals surface area contributed by atoms with Crippen LogP contribution in [0, 0.1) is 0 Å². The molecule has 3 nitrogen and oxygen atoms in total. The molecule has 2 N–H and O–H groups in total. The lowest BCUT2D eigenvalue weighted by atomic mass is 9.93. The zero-order valence-electron chi connectivity index (χ0n) is 9.33. The van der Waals surface area contributed by atoms with Crippen LogP contribution in [0.4, 0.5) is 0 Å². The minimum atomic E-state index is -0.192. The van der Waals surface area contributed by atoms with Crippen LogP contribution in [0.25, 0.3) is 0 Å². The lowest BCUT2D eigenvalue weighted by Crippen LogP contribution is -2.29. The lowest BCUT2D eigenvalue weighted by Gasteiger charge is -2.23. The van der Waals surface area contributed by atoms with Crippen LogP contribution in [-0.2, 0) is 4.74 Å². The molecule has 1 fully saturated rings. The van der Waals surface area contributed by atoms with Crippen molar-refractivity contribution in [1.82, 2.24) is 5.32 Å². The summed E-state index contributed by atoms with van der Waals surface area (Å²) in [7, 11) is 0. The summed E-state index contributed by atoms with van der Waals surface area (Å²) in [6.45, 7) is 2.19. The number of hydrogen-bond donors (Lipinski definition) is 2. The van der Waals surface area contributed by atoms with Crippen LogP contribution in [0.15, 0.2) is 18.2 Å². The van der Waals surface area contributed by atoms with Crippen molar-refractivity contribution in [2.45, 2.75) is 12.0 Å². The fourth-order valence-electron chi connectivity index (χ4n) is 2.04. The number of aliphatic hydroxyl groups is 1. The van der Waals surface area contributed by atoms with Crippen LogP contribution >= 0.6 is 23.2 Å². The maximum atomic E-state index is 9.36. The van der Waals surface area contributed by atoms with Crippen molar-refractivity contribution in [1.29, 1.82) is 0 Å². The molecule has 0 aliphatic carbocycles. The Bertz CT molecular complexity index is 387. The van der Waals surface area contributed by atoms with Gasteiger partial charge in [-0.1, -0.05) is 29.3 Å². The summed E-state index contributed by atoms with van der Waals surface area (Å²) in [5.74, 6) is 0.0947. The number of ether oxygens (including phenoxy) is 1. The average Bonchev–Trinajstić information content (AvgIpc) is 2.57. The fraction of sp³-hybridized carbons (Fsp3) is 0.500. The topological polar surface area (TPSA) is 41.5 Å². The van der Waals surface area contributed by atoms with E-state index < -0.39 is 0 Å². The Labute approximate surface area is 111 Å². The number of hydrogen-bond acceptors (Lipinski definition) is 3. The van der Waals surface area contributed by atoms with E-state index in [0.717, 1.165) is 18.7 Å². The summed E-state index contributed by atoms with van der Waals surface area (Å²) in [6.07, 6.45) is -0.192. The summed E-state index contributed by atoms with van der Waals surface area (Å²) in [6, 6.07) is 5.55. The molecule has 1 aliphatic heterocycles. The molecular formula is C12H15Cl2NO2. The van der Waals surface area contributed by atoms with Gasteiger partial charge in [-0.2, -0.15) is 0 Å². The third-order valence-corrected chi connectivity index (χ3v) is 3.71. The molecule has 17 heavy (non-hydrogen) atoms. The number of rotatable bonds is 2. The number of aliphatic hydroxyl groups excluding tert-OH is 1. The molecule has 2 rings (SSSR count). The monoisotopic (exact) mass is 275 g/mol. The molecule has 1 heterocycles.